The van der Waals surface area contributed by atoms with Crippen LogP contribution < -0.4 is 16.2 Å². The zero-order valence-electron chi connectivity index (χ0n) is 13.9. The Kier molecular flexibility index (Phi) is 3.42. The average Bonchev–Trinajstić information content (AvgIpc) is 2.98. The van der Waals surface area contributed by atoms with Crippen LogP contribution in [0.25, 0.3) is 16.3 Å². The summed E-state index contributed by atoms with van der Waals surface area (Å²) in [5, 5.41) is 50.0. The van der Waals surface area contributed by atoms with Gasteiger partial charge in [-0.25, -0.2) is 0 Å². The normalized spacial score (nSPS) is 27.7. The summed E-state index contributed by atoms with van der Waals surface area (Å²) >= 11 is 0. The molecule has 0 radical (unpaired) electrons. The third-order valence-corrected chi connectivity index (χ3v) is 5.39. The molecular weight excluding hydrogens is 356 g/mol. The Labute approximate surface area is 149 Å². The van der Waals surface area contributed by atoms with Crippen molar-refractivity contribution in [1.29, 1.82) is 0 Å². The first-order chi connectivity index (χ1) is 12.6. The number of aliphatic hydroxyl groups is 4. The second-order valence-corrected chi connectivity index (χ2v) is 6.90. The molecule has 9 heteroatoms. The smallest absolute Gasteiger partial charge is 0.333 e. The van der Waals surface area contributed by atoms with Crippen molar-refractivity contribution in [2.45, 2.75) is 30.8 Å². The van der Waals surface area contributed by atoms with E-state index in [1.165, 1.54) is 18.2 Å². The molecule has 0 saturated carbocycles. The molecule has 0 fully saturated rings. The molecule has 3 aliphatic rings. The number of hydrogen-bond donors (Lipinski definition) is 5. The predicted molar refractivity (Wildman–Crippen MR) is 89.1 cm³/mol. The highest BCUT2D eigenvalue weighted by Crippen LogP contribution is 2.42. The lowest BCUT2D eigenvalue weighted by Crippen LogP contribution is -2.52. The first-order valence-electron chi connectivity index (χ1n) is 8.04. The predicted octanol–water partition coefficient (Wildman–Crippen LogP) is -1.81. The molecule has 0 spiro atoms. The van der Waals surface area contributed by atoms with E-state index in [0.29, 0.717) is 0 Å². The lowest BCUT2D eigenvalue weighted by Gasteiger charge is -2.40. The van der Waals surface area contributed by atoms with Crippen molar-refractivity contribution < 1.29 is 30.3 Å². The quantitative estimate of drug-likeness (QED) is 0.229. The Morgan fingerprint density at radius 1 is 1.07 bits per heavy atom. The summed E-state index contributed by atoms with van der Waals surface area (Å²) in [6.07, 6.45) is -5.54. The van der Waals surface area contributed by atoms with Crippen LogP contribution in [-0.4, -0.2) is 42.0 Å². The molecule has 138 valence electrons. The summed E-state index contributed by atoms with van der Waals surface area (Å²) in [6.45, 7) is 1.06. The van der Waals surface area contributed by atoms with E-state index in [1.807, 2.05) is 0 Å². The van der Waals surface area contributed by atoms with Crippen molar-refractivity contribution in [2.75, 3.05) is 0 Å². The van der Waals surface area contributed by atoms with Gasteiger partial charge in [0, 0.05) is 16.2 Å². The monoisotopic (exact) mass is 370 g/mol. The molecule has 5 N–H and O–H groups in total. The van der Waals surface area contributed by atoms with E-state index in [0.717, 1.165) is 6.92 Å². The van der Waals surface area contributed by atoms with Gasteiger partial charge in [-0.1, -0.05) is 12.1 Å². The number of phenols is 1. The number of nitrogens with zero attached hydrogens (tertiary/aromatic N) is 2. The lowest BCUT2D eigenvalue weighted by molar-refractivity contribution is -0.184. The molecule has 0 aliphatic heterocycles. The molecule has 0 saturated heterocycles. The fourth-order valence-electron chi connectivity index (χ4n) is 3.95. The molecule has 3 aliphatic carbocycles. The Bertz CT molecular complexity index is 1360. The van der Waals surface area contributed by atoms with Crippen molar-refractivity contribution in [3.8, 4) is 5.75 Å². The molecular formula is C18H14N2O7. The summed E-state index contributed by atoms with van der Waals surface area (Å²) in [4.78, 5) is 29.0. The molecule has 9 nitrogen and oxygen atoms in total. The number of fused-ring (bicyclic) bond motifs is 3. The number of phenolic OH excluding ortho intramolecular Hbond substituents is 1. The van der Waals surface area contributed by atoms with E-state index in [4.69, 9.17) is 0 Å². The maximum absolute atomic E-state index is 13.0. The van der Waals surface area contributed by atoms with E-state index in [2.05, 4.69) is 4.79 Å². The van der Waals surface area contributed by atoms with E-state index < -0.39 is 51.1 Å². The van der Waals surface area contributed by atoms with Crippen LogP contribution in [0.2, 0.25) is 0 Å². The number of rotatable bonds is 0. The maximum atomic E-state index is 13.0. The first kappa shape index (κ1) is 17.5. The molecule has 27 heavy (non-hydrogen) atoms. The van der Waals surface area contributed by atoms with Crippen LogP contribution in [0.4, 0.5) is 0 Å². The zero-order valence-corrected chi connectivity index (χ0v) is 13.9. The van der Waals surface area contributed by atoms with Crippen LogP contribution in [-0.2, 0) is 0 Å². The van der Waals surface area contributed by atoms with Gasteiger partial charge >= 0.3 is 5.36 Å². The fraction of sp³-hybridized carbons (Fsp3) is 0.278. The van der Waals surface area contributed by atoms with Gasteiger partial charge in [-0.05, 0) is 13.0 Å². The van der Waals surface area contributed by atoms with Crippen molar-refractivity contribution in [1.82, 2.24) is 0 Å². The summed E-state index contributed by atoms with van der Waals surface area (Å²) in [7, 11) is 0. The summed E-state index contributed by atoms with van der Waals surface area (Å²) < 4.78 is 0. The van der Waals surface area contributed by atoms with Crippen molar-refractivity contribution in [3.05, 3.63) is 71.1 Å². The molecule has 0 unspecified atom stereocenters. The van der Waals surface area contributed by atoms with Gasteiger partial charge in [0.2, 0.25) is 5.43 Å². The largest absolute Gasteiger partial charge is 0.507 e. The van der Waals surface area contributed by atoms with Gasteiger partial charge in [-0.3, -0.25) is 9.59 Å². The van der Waals surface area contributed by atoms with Gasteiger partial charge in [0.1, 0.15) is 34.9 Å². The zero-order chi connectivity index (χ0) is 19.8. The second kappa shape index (κ2) is 5.29. The fourth-order valence-corrected chi connectivity index (χ4v) is 3.95. The number of benzene rings is 1. The number of hydrogen-bond acceptors (Lipinski definition) is 7. The molecule has 0 amide bonds. The molecule has 4 atom stereocenters. The molecule has 0 aromatic heterocycles. The highest BCUT2D eigenvalue weighted by Gasteiger charge is 2.52. The van der Waals surface area contributed by atoms with Crippen LogP contribution >= 0.6 is 0 Å². The van der Waals surface area contributed by atoms with Gasteiger partial charge in [0.15, 0.2) is 5.43 Å². The molecule has 1 aromatic carbocycles. The average molecular weight is 370 g/mol. The van der Waals surface area contributed by atoms with Crippen LogP contribution in [0.1, 0.15) is 30.3 Å². The minimum Gasteiger partial charge on any atom is -0.507 e. The molecule has 0 heterocycles. The van der Waals surface area contributed by atoms with Crippen LogP contribution in [0.5, 0.6) is 5.75 Å². The maximum Gasteiger partial charge on any atom is 0.333 e. The highest BCUT2D eigenvalue weighted by atomic mass is 16.4. The second-order valence-electron chi connectivity index (χ2n) is 6.90. The minimum absolute atomic E-state index is 0.127. The van der Waals surface area contributed by atoms with Crippen LogP contribution in [0.15, 0.2) is 27.8 Å². The topological polar surface area (TPSA) is 172 Å². The standard InChI is InChI=1S/C18H14N2O7/c1-18(27)16(25)11-9(15(24)17(18)26)8-10(12(11)20-19)14(23)7-5(13(8)22)3-2-4-6(7)21/h2-4,15-17,21,24-27H,1H3/t15-,16+,17+,18-/m0/s1. The van der Waals surface area contributed by atoms with Crippen molar-refractivity contribution in [3.63, 3.8) is 0 Å². The van der Waals surface area contributed by atoms with Crippen molar-refractivity contribution >= 4 is 10.8 Å². The van der Waals surface area contributed by atoms with Crippen molar-refractivity contribution in [2.24, 2.45) is 0 Å². The molecule has 0 bridgehead atoms. The summed E-state index contributed by atoms with van der Waals surface area (Å²) in [6, 6.07) is 3.89. The van der Waals surface area contributed by atoms with E-state index >= 15 is 0 Å². The third-order valence-electron chi connectivity index (χ3n) is 5.39. The van der Waals surface area contributed by atoms with Crippen LogP contribution in [0, 0.1) is 10.4 Å². The van der Waals surface area contributed by atoms with E-state index in [9.17, 15) is 40.7 Å². The summed E-state index contributed by atoms with van der Waals surface area (Å²) in [5.74, 6) is -0.451. The molecule has 4 rings (SSSR count). The van der Waals surface area contributed by atoms with E-state index in [-0.39, 0.29) is 27.1 Å². The van der Waals surface area contributed by atoms with Gasteiger partial charge in [0.25, 0.3) is 0 Å². The third kappa shape index (κ3) is 1.92. The number of aromatic hydroxyl groups is 1. The summed E-state index contributed by atoms with van der Waals surface area (Å²) in [5.41, 5.74) is 5.04. The number of aliphatic hydroxyl groups excluding tert-OH is 3. The SMILES string of the molecule is C[C@]1(O)[C@H](O)c2c(c3c(=O)c4cccc(O)c4c(=O)c=3c2=[N+]=[N-])[C@H](O)[C@H]1O. The minimum atomic E-state index is -2.23. The lowest BCUT2D eigenvalue weighted by atomic mass is 9.76. The van der Waals surface area contributed by atoms with Gasteiger partial charge in [-0.15, -0.1) is 0 Å². The highest BCUT2D eigenvalue weighted by molar-refractivity contribution is 5.88. The van der Waals surface area contributed by atoms with E-state index in [1.54, 1.807) is 0 Å². The van der Waals surface area contributed by atoms with Crippen LogP contribution in [0.3, 0.4) is 0 Å². The van der Waals surface area contributed by atoms with Gasteiger partial charge in [0.05, 0.1) is 10.9 Å². The Morgan fingerprint density at radius 3 is 2.37 bits per heavy atom. The van der Waals surface area contributed by atoms with Gasteiger partial charge in [-0.2, -0.15) is 4.79 Å². The Morgan fingerprint density at radius 2 is 1.74 bits per heavy atom. The van der Waals surface area contributed by atoms with Gasteiger partial charge < -0.3 is 31.1 Å². The Hall–Kier alpha value is -2.94. The first-order valence-corrected chi connectivity index (χ1v) is 8.04. The molecule has 1 aromatic rings. The Balaban J connectivity index is 2.43.